The first kappa shape index (κ1) is 15.7. The molecule has 0 saturated heterocycles. The highest BCUT2D eigenvalue weighted by Crippen LogP contribution is 2.27. The van der Waals surface area contributed by atoms with E-state index in [0.29, 0.717) is 22.3 Å². The lowest BCUT2D eigenvalue weighted by Gasteiger charge is -2.09. The lowest BCUT2D eigenvalue weighted by molar-refractivity contribution is -0.123. The van der Waals surface area contributed by atoms with Crippen molar-refractivity contribution in [3.8, 4) is 5.75 Å². The van der Waals surface area contributed by atoms with Crippen LogP contribution in [0.4, 0.5) is 0 Å². The number of ether oxygens (including phenoxy) is 1. The zero-order chi connectivity index (χ0) is 15.1. The van der Waals surface area contributed by atoms with Crippen LogP contribution in [-0.4, -0.2) is 19.1 Å². The Bertz CT molecular complexity index is 602. The van der Waals surface area contributed by atoms with Gasteiger partial charge in [0.15, 0.2) is 6.61 Å². The van der Waals surface area contributed by atoms with E-state index in [2.05, 4.69) is 5.32 Å². The monoisotopic (exact) mass is 323 g/mol. The van der Waals surface area contributed by atoms with Gasteiger partial charge in [-0.2, -0.15) is 0 Å². The quantitative estimate of drug-likeness (QED) is 0.879. The van der Waals surface area contributed by atoms with Gasteiger partial charge in [-0.3, -0.25) is 4.79 Å². The number of amides is 1. The van der Waals surface area contributed by atoms with Crippen molar-refractivity contribution >= 4 is 29.1 Å². The van der Waals surface area contributed by atoms with Crippen molar-refractivity contribution in [1.29, 1.82) is 0 Å². The molecule has 0 spiro atoms. The zero-order valence-electron chi connectivity index (χ0n) is 11.3. The Balaban J connectivity index is 1.72. The van der Waals surface area contributed by atoms with Crippen molar-refractivity contribution in [3.63, 3.8) is 0 Å². The second-order valence-corrected chi connectivity index (χ2v) is 5.29. The minimum Gasteiger partial charge on any atom is -0.482 e. The first-order valence-corrected chi connectivity index (χ1v) is 7.29. The molecule has 2 aromatic rings. The summed E-state index contributed by atoms with van der Waals surface area (Å²) in [5, 5.41) is 3.72. The minimum atomic E-state index is -0.183. The van der Waals surface area contributed by atoms with E-state index in [0.717, 1.165) is 6.42 Å². The molecule has 0 aliphatic rings. The largest absolute Gasteiger partial charge is 0.482 e. The van der Waals surface area contributed by atoms with Crippen molar-refractivity contribution in [1.82, 2.24) is 5.32 Å². The number of hydrogen-bond donors (Lipinski definition) is 1. The summed E-state index contributed by atoms with van der Waals surface area (Å²) in [6.07, 6.45) is 0.786. The molecule has 0 aromatic heterocycles. The lowest BCUT2D eigenvalue weighted by Crippen LogP contribution is -2.30. The highest BCUT2D eigenvalue weighted by atomic mass is 35.5. The summed E-state index contributed by atoms with van der Waals surface area (Å²) in [4.78, 5) is 11.7. The van der Waals surface area contributed by atoms with Crippen LogP contribution in [0.25, 0.3) is 0 Å². The number of hydrogen-bond acceptors (Lipinski definition) is 2. The second-order valence-electron chi connectivity index (χ2n) is 4.45. The summed E-state index contributed by atoms with van der Waals surface area (Å²) in [5.74, 6) is 0.260. The van der Waals surface area contributed by atoms with Crippen LogP contribution >= 0.6 is 23.2 Å². The molecule has 3 nitrogen and oxygen atoms in total. The third-order valence-corrected chi connectivity index (χ3v) is 3.36. The molecular weight excluding hydrogens is 309 g/mol. The van der Waals surface area contributed by atoms with Gasteiger partial charge in [0, 0.05) is 11.6 Å². The summed E-state index contributed by atoms with van der Waals surface area (Å²) in [6, 6.07) is 14.8. The Morgan fingerprint density at radius 1 is 1.10 bits per heavy atom. The van der Waals surface area contributed by atoms with Crippen molar-refractivity contribution in [3.05, 3.63) is 64.1 Å². The number of halogens is 2. The van der Waals surface area contributed by atoms with Crippen molar-refractivity contribution in [2.24, 2.45) is 0 Å². The van der Waals surface area contributed by atoms with E-state index in [1.807, 2.05) is 30.3 Å². The molecule has 0 atom stereocenters. The summed E-state index contributed by atoms with van der Waals surface area (Å²) in [6.45, 7) is 0.497. The Kier molecular flexibility index (Phi) is 5.90. The molecule has 1 N–H and O–H groups in total. The molecule has 0 radical (unpaired) electrons. The van der Waals surface area contributed by atoms with E-state index in [-0.39, 0.29) is 12.5 Å². The van der Waals surface area contributed by atoms with Crippen LogP contribution in [0.2, 0.25) is 10.0 Å². The Labute approximate surface area is 133 Å². The maximum atomic E-state index is 11.7. The summed E-state index contributed by atoms with van der Waals surface area (Å²) in [5.41, 5.74) is 1.18. The molecule has 0 aliphatic carbocycles. The van der Waals surface area contributed by atoms with E-state index in [9.17, 15) is 4.79 Å². The van der Waals surface area contributed by atoms with Gasteiger partial charge in [-0.1, -0.05) is 53.5 Å². The molecule has 1 amide bonds. The Morgan fingerprint density at radius 3 is 2.57 bits per heavy atom. The molecule has 21 heavy (non-hydrogen) atoms. The standard InChI is InChI=1S/C16H15Cl2NO2/c17-13-6-7-15(14(18)10-13)21-11-16(20)19-9-8-12-4-2-1-3-5-12/h1-7,10H,8-9,11H2,(H,19,20). The average Bonchev–Trinajstić information content (AvgIpc) is 2.47. The molecule has 0 bridgehead atoms. The van der Waals surface area contributed by atoms with E-state index in [1.165, 1.54) is 5.56 Å². The molecule has 0 heterocycles. The van der Waals surface area contributed by atoms with E-state index in [1.54, 1.807) is 18.2 Å². The van der Waals surface area contributed by atoms with Gasteiger partial charge in [-0.05, 0) is 30.2 Å². The Morgan fingerprint density at radius 2 is 1.86 bits per heavy atom. The number of nitrogens with one attached hydrogen (secondary N) is 1. The highest BCUT2D eigenvalue weighted by Gasteiger charge is 2.06. The van der Waals surface area contributed by atoms with Gasteiger partial charge in [-0.25, -0.2) is 0 Å². The zero-order valence-corrected chi connectivity index (χ0v) is 12.8. The molecule has 0 saturated carbocycles. The van der Waals surface area contributed by atoms with Crippen molar-refractivity contribution < 1.29 is 9.53 Å². The van der Waals surface area contributed by atoms with E-state index >= 15 is 0 Å². The highest BCUT2D eigenvalue weighted by molar-refractivity contribution is 6.35. The fourth-order valence-electron chi connectivity index (χ4n) is 1.78. The maximum Gasteiger partial charge on any atom is 0.257 e. The SMILES string of the molecule is O=C(COc1ccc(Cl)cc1Cl)NCCc1ccccc1. The fourth-order valence-corrected chi connectivity index (χ4v) is 2.24. The molecule has 0 aliphatic heterocycles. The van der Waals surface area contributed by atoms with Crippen LogP contribution in [0.15, 0.2) is 48.5 Å². The third-order valence-electron chi connectivity index (χ3n) is 2.83. The fraction of sp³-hybridized carbons (Fsp3) is 0.188. The van der Waals surface area contributed by atoms with Crippen molar-refractivity contribution in [2.45, 2.75) is 6.42 Å². The molecular formula is C16H15Cl2NO2. The number of benzene rings is 2. The molecule has 5 heteroatoms. The number of rotatable bonds is 6. The first-order valence-electron chi connectivity index (χ1n) is 6.53. The third kappa shape index (κ3) is 5.29. The molecule has 110 valence electrons. The molecule has 0 unspecified atom stereocenters. The molecule has 2 rings (SSSR count). The van der Waals surface area contributed by atoms with Crippen LogP contribution in [-0.2, 0) is 11.2 Å². The normalized spacial score (nSPS) is 10.2. The van der Waals surface area contributed by atoms with Gasteiger partial charge in [0.1, 0.15) is 5.75 Å². The van der Waals surface area contributed by atoms with Crippen LogP contribution in [0.5, 0.6) is 5.75 Å². The van der Waals surface area contributed by atoms with Crippen LogP contribution in [0.1, 0.15) is 5.56 Å². The Hall–Kier alpha value is -1.71. The topological polar surface area (TPSA) is 38.3 Å². The van der Waals surface area contributed by atoms with Crippen molar-refractivity contribution in [2.75, 3.05) is 13.2 Å². The predicted molar refractivity (Wildman–Crippen MR) is 85.1 cm³/mol. The molecule has 0 fully saturated rings. The summed E-state index contributed by atoms with van der Waals surface area (Å²) >= 11 is 11.7. The van der Waals surface area contributed by atoms with Crippen LogP contribution in [0.3, 0.4) is 0 Å². The lowest BCUT2D eigenvalue weighted by atomic mass is 10.1. The first-order chi connectivity index (χ1) is 10.1. The van der Waals surface area contributed by atoms with E-state index in [4.69, 9.17) is 27.9 Å². The predicted octanol–water partition coefficient (Wildman–Crippen LogP) is 3.73. The van der Waals surface area contributed by atoms with Crippen LogP contribution in [0, 0.1) is 0 Å². The summed E-state index contributed by atoms with van der Waals surface area (Å²) < 4.78 is 5.35. The van der Waals surface area contributed by atoms with Gasteiger partial charge in [0.2, 0.25) is 0 Å². The summed E-state index contributed by atoms with van der Waals surface area (Å²) in [7, 11) is 0. The maximum absolute atomic E-state index is 11.7. The smallest absolute Gasteiger partial charge is 0.257 e. The van der Waals surface area contributed by atoms with Gasteiger partial charge < -0.3 is 10.1 Å². The van der Waals surface area contributed by atoms with E-state index < -0.39 is 0 Å². The van der Waals surface area contributed by atoms with Gasteiger partial charge in [0.25, 0.3) is 5.91 Å². The van der Waals surface area contributed by atoms with Gasteiger partial charge in [0.05, 0.1) is 5.02 Å². The van der Waals surface area contributed by atoms with Crippen LogP contribution < -0.4 is 10.1 Å². The average molecular weight is 324 g/mol. The van der Waals surface area contributed by atoms with Gasteiger partial charge >= 0.3 is 0 Å². The second kappa shape index (κ2) is 7.91. The van der Waals surface area contributed by atoms with Gasteiger partial charge in [-0.15, -0.1) is 0 Å². The number of carbonyl (C=O) groups excluding carboxylic acids is 1. The molecule has 2 aromatic carbocycles. The minimum absolute atomic E-state index is 0.0733. The number of carbonyl (C=O) groups is 1.